The Hall–Kier alpha value is -1.66. The lowest BCUT2D eigenvalue weighted by Gasteiger charge is -2.37. The first-order valence-corrected chi connectivity index (χ1v) is 7.06. The fourth-order valence-corrected chi connectivity index (χ4v) is 2.60. The van der Waals surface area contributed by atoms with Crippen LogP contribution in [0.1, 0.15) is 17.3 Å². The van der Waals surface area contributed by atoms with E-state index in [1.165, 1.54) is 23.1 Å². The van der Waals surface area contributed by atoms with Gasteiger partial charge in [0.1, 0.15) is 5.82 Å². The average Bonchev–Trinajstić information content (AvgIpc) is 2.46. The van der Waals surface area contributed by atoms with Crippen LogP contribution in [0.25, 0.3) is 0 Å². The van der Waals surface area contributed by atoms with Gasteiger partial charge in [0.2, 0.25) is 5.91 Å². The van der Waals surface area contributed by atoms with Crippen LogP contribution in [-0.2, 0) is 4.79 Å². The summed E-state index contributed by atoms with van der Waals surface area (Å²) in [6, 6.07) is 3.79. The summed E-state index contributed by atoms with van der Waals surface area (Å²) in [5, 5.41) is 0.105. The monoisotopic (exact) mass is 313 g/mol. The van der Waals surface area contributed by atoms with Gasteiger partial charge in [0.15, 0.2) is 0 Å². The molecule has 1 aliphatic heterocycles. The van der Waals surface area contributed by atoms with Crippen molar-refractivity contribution in [1.29, 1.82) is 0 Å². The zero-order valence-corrected chi connectivity index (χ0v) is 12.4. The van der Waals surface area contributed by atoms with Crippen molar-refractivity contribution in [3.63, 3.8) is 0 Å². The van der Waals surface area contributed by atoms with Gasteiger partial charge in [-0.05, 0) is 19.1 Å². The van der Waals surface area contributed by atoms with Crippen molar-refractivity contribution >= 4 is 23.4 Å². The summed E-state index contributed by atoms with van der Waals surface area (Å²) in [6.45, 7) is 3.57. The summed E-state index contributed by atoms with van der Waals surface area (Å²) in [5.74, 6) is -1.45. The van der Waals surface area contributed by atoms with E-state index in [9.17, 15) is 14.0 Å². The smallest absolute Gasteiger partial charge is 0.258 e. The van der Waals surface area contributed by atoms with Gasteiger partial charge in [0, 0.05) is 26.2 Å². The average molecular weight is 314 g/mol. The van der Waals surface area contributed by atoms with E-state index in [-0.39, 0.29) is 16.6 Å². The molecule has 1 aliphatic rings. The predicted octanol–water partition coefficient (Wildman–Crippen LogP) is 1.11. The molecule has 1 saturated heterocycles. The number of hydrogen-bond acceptors (Lipinski definition) is 3. The van der Waals surface area contributed by atoms with Crippen LogP contribution in [0.3, 0.4) is 0 Å². The minimum Gasteiger partial charge on any atom is -0.368 e. The second kappa shape index (κ2) is 6.41. The molecule has 2 N–H and O–H groups in total. The molecular weight excluding hydrogens is 297 g/mol. The number of carbonyl (C=O) groups excluding carboxylic acids is 2. The molecule has 1 aromatic carbocycles. The van der Waals surface area contributed by atoms with Crippen molar-refractivity contribution in [2.75, 3.05) is 26.2 Å². The van der Waals surface area contributed by atoms with E-state index < -0.39 is 17.6 Å². The molecule has 0 saturated carbocycles. The highest BCUT2D eigenvalue weighted by atomic mass is 35.5. The molecule has 1 heterocycles. The fourth-order valence-electron chi connectivity index (χ4n) is 2.35. The highest BCUT2D eigenvalue weighted by Gasteiger charge is 2.28. The molecule has 5 nitrogen and oxygen atoms in total. The molecule has 7 heteroatoms. The Labute approximate surface area is 127 Å². The topological polar surface area (TPSA) is 66.6 Å². The number of carbonyl (C=O) groups is 2. The van der Waals surface area contributed by atoms with E-state index in [1.54, 1.807) is 6.92 Å². The van der Waals surface area contributed by atoms with Gasteiger partial charge in [0.25, 0.3) is 5.91 Å². The highest BCUT2D eigenvalue weighted by Crippen LogP contribution is 2.21. The van der Waals surface area contributed by atoms with Crippen LogP contribution in [0.4, 0.5) is 4.39 Å². The summed E-state index contributed by atoms with van der Waals surface area (Å²) in [5.41, 5.74) is 5.16. The number of halogens is 2. The molecule has 21 heavy (non-hydrogen) atoms. The first-order valence-electron chi connectivity index (χ1n) is 6.68. The van der Waals surface area contributed by atoms with Gasteiger partial charge in [-0.25, -0.2) is 4.39 Å². The number of piperazine rings is 1. The summed E-state index contributed by atoms with van der Waals surface area (Å²) in [7, 11) is 0. The standard InChI is InChI=1S/C14H17ClFN3O2/c1-9(13(17)20)18-5-7-19(8-6-18)14(21)12-10(15)3-2-4-11(12)16/h2-4,9H,5-8H2,1H3,(H2,17,20). The number of primary amides is 1. The lowest BCUT2D eigenvalue weighted by Crippen LogP contribution is -2.54. The molecule has 0 aliphatic carbocycles. The van der Waals surface area contributed by atoms with Crippen molar-refractivity contribution < 1.29 is 14.0 Å². The molecular formula is C14H17ClFN3O2. The van der Waals surface area contributed by atoms with Crippen LogP contribution < -0.4 is 5.73 Å². The Morgan fingerprint density at radius 2 is 1.90 bits per heavy atom. The van der Waals surface area contributed by atoms with Crippen molar-refractivity contribution in [2.24, 2.45) is 5.73 Å². The minimum absolute atomic E-state index is 0.101. The molecule has 1 atom stereocenters. The largest absolute Gasteiger partial charge is 0.368 e. The number of hydrogen-bond donors (Lipinski definition) is 1. The quantitative estimate of drug-likeness (QED) is 0.909. The van der Waals surface area contributed by atoms with E-state index in [4.69, 9.17) is 17.3 Å². The molecule has 0 spiro atoms. The van der Waals surface area contributed by atoms with E-state index in [1.807, 2.05) is 4.90 Å². The molecule has 2 amide bonds. The molecule has 114 valence electrons. The third-order valence-corrected chi connectivity index (χ3v) is 4.05. The predicted molar refractivity (Wildman–Crippen MR) is 77.5 cm³/mol. The fraction of sp³-hybridized carbons (Fsp3) is 0.429. The van der Waals surface area contributed by atoms with Crippen LogP contribution in [0.5, 0.6) is 0 Å². The maximum absolute atomic E-state index is 13.8. The molecule has 2 rings (SSSR count). The Kier molecular flexibility index (Phi) is 4.80. The van der Waals surface area contributed by atoms with Crippen LogP contribution in [0.15, 0.2) is 18.2 Å². The van der Waals surface area contributed by atoms with Gasteiger partial charge in [-0.15, -0.1) is 0 Å². The summed E-state index contributed by atoms with van der Waals surface area (Å²) in [6.07, 6.45) is 0. The maximum Gasteiger partial charge on any atom is 0.258 e. The second-order valence-corrected chi connectivity index (χ2v) is 5.41. The normalized spacial score (nSPS) is 17.6. The summed E-state index contributed by atoms with van der Waals surface area (Å²) < 4.78 is 13.8. The number of amides is 2. The Balaban J connectivity index is 2.06. The van der Waals surface area contributed by atoms with Gasteiger partial charge >= 0.3 is 0 Å². The van der Waals surface area contributed by atoms with Crippen molar-refractivity contribution in [1.82, 2.24) is 9.80 Å². The van der Waals surface area contributed by atoms with Gasteiger partial charge in [0.05, 0.1) is 16.6 Å². The van der Waals surface area contributed by atoms with Crippen molar-refractivity contribution in [2.45, 2.75) is 13.0 Å². The Morgan fingerprint density at radius 3 is 2.43 bits per heavy atom. The van der Waals surface area contributed by atoms with Crippen LogP contribution in [0.2, 0.25) is 5.02 Å². The second-order valence-electron chi connectivity index (χ2n) is 5.00. The maximum atomic E-state index is 13.8. The SMILES string of the molecule is CC(C(N)=O)N1CCN(C(=O)c2c(F)cccc2Cl)CC1. The van der Waals surface area contributed by atoms with E-state index >= 15 is 0 Å². The van der Waals surface area contributed by atoms with E-state index in [0.717, 1.165) is 0 Å². The molecule has 0 radical (unpaired) electrons. The van der Waals surface area contributed by atoms with Gasteiger partial charge in [-0.1, -0.05) is 17.7 Å². The lowest BCUT2D eigenvalue weighted by atomic mass is 10.1. The number of benzene rings is 1. The summed E-state index contributed by atoms with van der Waals surface area (Å²) >= 11 is 5.91. The highest BCUT2D eigenvalue weighted by molar-refractivity contribution is 6.33. The zero-order chi connectivity index (χ0) is 15.6. The first-order chi connectivity index (χ1) is 9.91. The summed E-state index contributed by atoms with van der Waals surface area (Å²) in [4.78, 5) is 26.9. The molecule has 1 fully saturated rings. The van der Waals surface area contributed by atoms with Crippen molar-refractivity contribution in [3.8, 4) is 0 Å². The molecule has 1 unspecified atom stereocenters. The van der Waals surface area contributed by atoms with Gasteiger partial charge in [-0.2, -0.15) is 0 Å². The number of nitrogens with zero attached hydrogens (tertiary/aromatic N) is 2. The van der Waals surface area contributed by atoms with Gasteiger partial charge in [-0.3, -0.25) is 14.5 Å². The third kappa shape index (κ3) is 3.33. The number of nitrogens with two attached hydrogens (primary N) is 1. The Bertz CT molecular complexity index is 539. The first kappa shape index (κ1) is 15.7. The Morgan fingerprint density at radius 1 is 1.29 bits per heavy atom. The zero-order valence-electron chi connectivity index (χ0n) is 11.7. The van der Waals surface area contributed by atoms with Crippen LogP contribution in [-0.4, -0.2) is 53.8 Å². The van der Waals surface area contributed by atoms with Gasteiger partial charge < -0.3 is 10.6 Å². The lowest BCUT2D eigenvalue weighted by molar-refractivity contribution is -0.123. The third-order valence-electron chi connectivity index (χ3n) is 3.74. The van der Waals surface area contributed by atoms with Crippen LogP contribution >= 0.6 is 11.6 Å². The molecule has 0 bridgehead atoms. The van der Waals surface area contributed by atoms with Crippen molar-refractivity contribution in [3.05, 3.63) is 34.6 Å². The van der Waals surface area contributed by atoms with Crippen LogP contribution in [0, 0.1) is 5.82 Å². The van der Waals surface area contributed by atoms with E-state index in [0.29, 0.717) is 26.2 Å². The number of rotatable bonds is 3. The molecule has 1 aromatic rings. The van der Waals surface area contributed by atoms with E-state index in [2.05, 4.69) is 0 Å². The molecule has 0 aromatic heterocycles. The minimum atomic E-state index is -0.625.